The van der Waals surface area contributed by atoms with Gasteiger partial charge in [0, 0.05) is 18.6 Å². The minimum atomic E-state index is 0.759. The fourth-order valence-corrected chi connectivity index (χ4v) is 2.45. The van der Waals surface area contributed by atoms with Gasteiger partial charge in [-0.05, 0) is 45.7 Å². The molecule has 0 amide bonds. The van der Waals surface area contributed by atoms with Gasteiger partial charge >= 0.3 is 0 Å². The summed E-state index contributed by atoms with van der Waals surface area (Å²) in [4.78, 5) is 2.46. The van der Waals surface area contributed by atoms with E-state index in [2.05, 4.69) is 24.2 Å². The van der Waals surface area contributed by atoms with Crippen LogP contribution in [0.5, 0.6) is 0 Å². The monoisotopic (exact) mass is 196 g/mol. The van der Waals surface area contributed by atoms with Crippen molar-refractivity contribution in [2.45, 2.75) is 51.1 Å². The second-order valence-electron chi connectivity index (χ2n) is 5.26. The van der Waals surface area contributed by atoms with Crippen LogP contribution in [0.25, 0.3) is 0 Å². The number of nitrogens with zero attached hydrogens (tertiary/aromatic N) is 1. The predicted molar refractivity (Wildman–Crippen MR) is 60.5 cm³/mol. The van der Waals surface area contributed by atoms with Crippen LogP contribution in [-0.4, -0.2) is 37.1 Å². The van der Waals surface area contributed by atoms with Gasteiger partial charge in [0.2, 0.25) is 0 Å². The number of rotatable bonds is 5. The second-order valence-corrected chi connectivity index (χ2v) is 5.26. The Labute approximate surface area is 88.1 Å². The Hall–Kier alpha value is -0.0800. The first kappa shape index (κ1) is 10.4. The van der Waals surface area contributed by atoms with Crippen molar-refractivity contribution in [3.05, 3.63) is 0 Å². The van der Waals surface area contributed by atoms with Crippen LogP contribution in [0.15, 0.2) is 0 Å². The van der Waals surface area contributed by atoms with Crippen molar-refractivity contribution in [1.82, 2.24) is 10.2 Å². The van der Waals surface area contributed by atoms with Crippen molar-refractivity contribution in [3.63, 3.8) is 0 Å². The molecule has 2 aliphatic rings. The van der Waals surface area contributed by atoms with Gasteiger partial charge < -0.3 is 10.2 Å². The van der Waals surface area contributed by atoms with Crippen LogP contribution in [0.4, 0.5) is 0 Å². The van der Waals surface area contributed by atoms with E-state index in [-0.39, 0.29) is 0 Å². The number of hydrogen-bond donors (Lipinski definition) is 1. The maximum atomic E-state index is 3.68. The minimum Gasteiger partial charge on any atom is -0.313 e. The average molecular weight is 196 g/mol. The Morgan fingerprint density at radius 3 is 2.71 bits per heavy atom. The lowest BCUT2D eigenvalue weighted by atomic mass is 10.1. The molecule has 0 aromatic heterocycles. The third-order valence-electron chi connectivity index (χ3n) is 3.81. The van der Waals surface area contributed by atoms with E-state index in [1.54, 1.807) is 0 Å². The van der Waals surface area contributed by atoms with Gasteiger partial charge in [0.25, 0.3) is 0 Å². The third-order valence-corrected chi connectivity index (χ3v) is 3.81. The molecular formula is C12H24N2. The van der Waals surface area contributed by atoms with Crippen LogP contribution < -0.4 is 5.32 Å². The smallest absolute Gasteiger partial charge is 0.0209 e. The van der Waals surface area contributed by atoms with Crippen molar-refractivity contribution in [3.8, 4) is 0 Å². The molecular weight excluding hydrogens is 172 g/mol. The Morgan fingerprint density at radius 2 is 2.14 bits per heavy atom. The average Bonchev–Trinajstić information content (AvgIpc) is 2.90. The van der Waals surface area contributed by atoms with Gasteiger partial charge in [0.05, 0.1) is 0 Å². The number of nitrogens with one attached hydrogen (secondary N) is 1. The molecule has 1 aliphatic carbocycles. The second kappa shape index (κ2) is 4.63. The highest BCUT2D eigenvalue weighted by molar-refractivity contribution is 4.85. The van der Waals surface area contributed by atoms with Crippen LogP contribution in [0.1, 0.15) is 39.0 Å². The molecule has 1 saturated carbocycles. The minimum absolute atomic E-state index is 0.759. The van der Waals surface area contributed by atoms with Gasteiger partial charge in [-0.15, -0.1) is 0 Å². The molecule has 1 aliphatic heterocycles. The molecule has 0 aromatic carbocycles. The largest absolute Gasteiger partial charge is 0.313 e. The van der Waals surface area contributed by atoms with Crippen LogP contribution in [0.2, 0.25) is 0 Å². The van der Waals surface area contributed by atoms with Crippen molar-refractivity contribution in [2.24, 2.45) is 5.92 Å². The zero-order chi connectivity index (χ0) is 9.97. The van der Waals surface area contributed by atoms with Gasteiger partial charge in [-0.1, -0.05) is 12.8 Å². The van der Waals surface area contributed by atoms with E-state index in [1.807, 2.05) is 0 Å². The molecule has 14 heavy (non-hydrogen) atoms. The summed E-state index contributed by atoms with van der Waals surface area (Å²) in [5, 5.41) is 3.68. The Morgan fingerprint density at radius 1 is 1.36 bits per heavy atom. The van der Waals surface area contributed by atoms with Crippen molar-refractivity contribution >= 4 is 0 Å². The van der Waals surface area contributed by atoms with Gasteiger partial charge in [-0.3, -0.25) is 0 Å². The highest BCUT2D eigenvalue weighted by Gasteiger charge is 2.25. The molecule has 2 atom stereocenters. The zero-order valence-electron chi connectivity index (χ0n) is 9.63. The SMILES string of the molecule is CC1CC(NCCCC2CC2)CN1C. The molecule has 82 valence electrons. The molecule has 1 heterocycles. The molecule has 2 nitrogen and oxygen atoms in total. The third kappa shape index (κ3) is 2.96. The first-order chi connectivity index (χ1) is 6.75. The molecule has 0 aromatic rings. The van der Waals surface area contributed by atoms with E-state index >= 15 is 0 Å². The number of hydrogen-bond acceptors (Lipinski definition) is 2. The standard InChI is InChI=1S/C12H24N2/c1-10-8-12(9-14(10)2)13-7-3-4-11-5-6-11/h10-13H,3-9H2,1-2H3. The van der Waals surface area contributed by atoms with E-state index in [0.717, 1.165) is 18.0 Å². The van der Waals surface area contributed by atoms with Crippen molar-refractivity contribution in [1.29, 1.82) is 0 Å². The molecule has 0 spiro atoms. The Balaban J connectivity index is 1.52. The van der Waals surface area contributed by atoms with E-state index < -0.39 is 0 Å². The topological polar surface area (TPSA) is 15.3 Å². The molecule has 0 radical (unpaired) electrons. The fraction of sp³-hybridized carbons (Fsp3) is 1.00. The van der Waals surface area contributed by atoms with Gasteiger partial charge in [0.15, 0.2) is 0 Å². The first-order valence-corrected chi connectivity index (χ1v) is 6.19. The normalized spacial score (nSPS) is 33.9. The van der Waals surface area contributed by atoms with E-state index in [9.17, 15) is 0 Å². The fourth-order valence-electron chi connectivity index (χ4n) is 2.45. The molecule has 1 N–H and O–H groups in total. The lowest BCUT2D eigenvalue weighted by Gasteiger charge is -2.13. The molecule has 0 bridgehead atoms. The molecule has 2 heteroatoms. The van der Waals surface area contributed by atoms with Crippen LogP contribution in [-0.2, 0) is 0 Å². The Kier molecular flexibility index (Phi) is 3.45. The van der Waals surface area contributed by atoms with Gasteiger partial charge in [-0.2, -0.15) is 0 Å². The summed E-state index contributed by atoms with van der Waals surface area (Å²) < 4.78 is 0. The van der Waals surface area contributed by atoms with Crippen LogP contribution in [0, 0.1) is 5.92 Å². The molecule has 2 unspecified atom stereocenters. The summed E-state index contributed by atoms with van der Waals surface area (Å²) in [6.07, 6.45) is 7.19. The first-order valence-electron chi connectivity index (χ1n) is 6.19. The summed E-state index contributed by atoms with van der Waals surface area (Å²) in [7, 11) is 2.23. The predicted octanol–water partition coefficient (Wildman–Crippen LogP) is 1.86. The quantitative estimate of drug-likeness (QED) is 0.675. The molecule has 2 rings (SSSR count). The maximum Gasteiger partial charge on any atom is 0.0209 e. The zero-order valence-corrected chi connectivity index (χ0v) is 9.63. The summed E-state index contributed by atoms with van der Waals surface area (Å²) in [6, 6.07) is 1.53. The molecule has 2 fully saturated rings. The van der Waals surface area contributed by atoms with Crippen LogP contribution >= 0.6 is 0 Å². The summed E-state index contributed by atoms with van der Waals surface area (Å²) >= 11 is 0. The number of likely N-dealkylation sites (tertiary alicyclic amines) is 1. The Bertz CT molecular complexity index is 167. The van der Waals surface area contributed by atoms with Crippen LogP contribution in [0.3, 0.4) is 0 Å². The summed E-state index contributed by atoms with van der Waals surface area (Å²) in [6.45, 7) is 4.80. The van der Waals surface area contributed by atoms with E-state index in [4.69, 9.17) is 0 Å². The van der Waals surface area contributed by atoms with Crippen molar-refractivity contribution in [2.75, 3.05) is 20.1 Å². The lowest BCUT2D eigenvalue weighted by molar-refractivity contribution is 0.326. The highest BCUT2D eigenvalue weighted by atomic mass is 15.2. The van der Waals surface area contributed by atoms with Gasteiger partial charge in [0.1, 0.15) is 0 Å². The summed E-state index contributed by atoms with van der Waals surface area (Å²) in [5.74, 6) is 1.10. The van der Waals surface area contributed by atoms with E-state index in [1.165, 1.54) is 45.2 Å². The lowest BCUT2D eigenvalue weighted by Crippen LogP contribution is -2.32. The van der Waals surface area contributed by atoms with Crippen molar-refractivity contribution < 1.29 is 0 Å². The van der Waals surface area contributed by atoms with E-state index in [0.29, 0.717) is 0 Å². The molecule has 1 saturated heterocycles. The maximum absolute atomic E-state index is 3.68. The number of likely N-dealkylation sites (N-methyl/N-ethyl adjacent to an activating group) is 1. The summed E-state index contributed by atoms with van der Waals surface area (Å²) in [5.41, 5.74) is 0. The van der Waals surface area contributed by atoms with Gasteiger partial charge in [-0.25, -0.2) is 0 Å². The highest BCUT2D eigenvalue weighted by Crippen LogP contribution is 2.33.